The first-order valence-electron chi connectivity index (χ1n) is 3.24. The molecule has 1 atom stereocenters. The molecule has 3 nitrogen and oxygen atoms in total. The molecular formula is C6H12N2O. The summed E-state index contributed by atoms with van der Waals surface area (Å²) in [7, 11) is 0. The van der Waals surface area contributed by atoms with Crippen molar-refractivity contribution in [1.29, 1.82) is 0 Å². The van der Waals surface area contributed by atoms with E-state index < -0.39 is 0 Å². The average molecular weight is 128 g/mol. The van der Waals surface area contributed by atoms with Gasteiger partial charge in [0.25, 0.3) is 0 Å². The van der Waals surface area contributed by atoms with Crippen LogP contribution in [0.5, 0.6) is 0 Å². The predicted molar refractivity (Wildman–Crippen MR) is 35.1 cm³/mol. The van der Waals surface area contributed by atoms with Gasteiger partial charge in [-0.15, -0.1) is 0 Å². The van der Waals surface area contributed by atoms with Crippen molar-refractivity contribution in [2.45, 2.75) is 12.5 Å². The lowest BCUT2D eigenvalue weighted by Gasteiger charge is -2.08. The van der Waals surface area contributed by atoms with Gasteiger partial charge in [-0.05, 0) is 6.42 Å². The van der Waals surface area contributed by atoms with Gasteiger partial charge < -0.3 is 10.5 Å². The lowest BCUT2D eigenvalue weighted by Crippen LogP contribution is -2.27. The van der Waals surface area contributed by atoms with E-state index in [0.717, 1.165) is 25.8 Å². The van der Waals surface area contributed by atoms with Crippen LogP contribution in [0.2, 0.25) is 0 Å². The first-order valence-corrected chi connectivity index (χ1v) is 3.24. The number of nitrogens with two attached hydrogens (primary N) is 1. The minimum absolute atomic E-state index is 0.296. The van der Waals surface area contributed by atoms with Crippen LogP contribution in [0.3, 0.4) is 0 Å². The molecule has 3 heteroatoms. The van der Waals surface area contributed by atoms with Gasteiger partial charge in [0.1, 0.15) is 6.29 Å². The molecule has 1 fully saturated rings. The van der Waals surface area contributed by atoms with Crippen molar-refractivity contribution >= 4 is 6.29 Å². The zero-order valence-corrected chi connectivity index (χ0v) is 5.42. The molecule has 0 amide bonds. The molecule has 0 aromatic carbocycles. The second-order valence-electron chi connectivity index (χ2n) is 2.47. The number of likely N-dealkylation sites (tertiary alicyclic amines) is 1. The van der Waals surface area contributed by atoms with Gasteiger partial charge in [0.2, 0.25) is 0 Å². The van der Waals surface area contributed by atoms with Crippen molar-refractivity contribution in [2.75, 3.05) is 19.6 Å². The maximum Gasteiger partial charge on any atom is 0.133 e. The molecule has 1 aliphatic rings. The van der Waals surface area contributed by atoms with Gasteiger partial charge in [0.05, 0.1) is 6.54 Å². The summed E-state index contributed by atoms with van der Waals surface area (Å²) in [5, 5.41) is 0. The third-order valence-corrected chi connectivity index (χ3v) is 1.64. The van der Waals surface area contributed by atoms with Gasteiger partial charge in [-0.25, -0.2) is 0 Å². The fourth-order valence-electron chi connectivity index (χ4n) is 1.13. The average Bonchev–Trinajstić information content (AvgIpc) is 2.17. The van der Waals surface area contributed by atoms with Crippen molar-refractivity contribution < 1.29 is 4.79 Å². The number of aldehydes is 1. The first-order chi connectivity index (χ1) is 4.33. The molecule has 52 valence electrons. The number of hydrogen-bond donors (Lipinski definition) is 1. The first kappa shape index (κ1) is 6.71. The SMILES string of the molecule is N[C@@H]1CCN(CC=O)C1. The summed E-state index contributed by atoms with van der Waals surface area (Å²) in [6, 6.07) is 0.296. The summed E-state index contributed by atoms with van der Waals surface area (Å²) in [6.45, 7) is 2.42. The second kappa shape index (κ2) is 2.94. The Morgan fingerprint density at radius 2 is 2.56 bits per heavy atom. The largest absolute Gasteiger partial charge is 0.326 e. The fourth-order valence-corrected chi connectivity index (χ4v) is 1.13. The molecule has 1 saturated heterocycles. The molecule has 1 heterocycles. The summed E-state index contributed by atoms with van der Waals surface area (Å²) in [5.74, 6) is 0. The monoisotopic (exact) mass is 128 g/mol. The van der Waals surface area contributed by atoms with Crippen LogP contribution < -0.4 is 5.73 Å². The second-order valence-corrected chi connectivity index (χ2v) is 2.47. The maximum atomic E-state index is 9.99. The zero-order valence-electron chi connectivity index (χ0n) is 5.42. The van der Waals surface area contributed by atoms with Crippen molar-refractivity contribution in [2.24, 2.45) is 5.73 Å². The van der Waals surface area contributed by atoms with Crippen LogP contribution in [0.25, 0.3) is 0 Å². The quantitative estimate of drug-likeness (QED) is 0.496. The van der Waals surface area contributed by atoms with Crippen molar-refractivity contribution in [1.82, 2.24) is 4.90 Å². The predicted octanol–water partition coefficient (Wildman–Crippen LogP) is -0.782. The van der Waals surface area contributed by atoms with E-state index >= 15 is 0 Å². The van der Waals surface area contributed by atoms with E-state index in [0.29, 0.717) is 12.6 Å². The Bertz CT molecular complexity index is 105. The Morgan fingerprint density at radius 3 is 3.00 bits per heavy atom. The van der Waals surface area contributed by atoms with Crippen molar-refractivity contribution in [3.63, 3.8) is 0 Å². The topological polar surface area (TPSA) is 46.3 Å². The molecule has 0 unspecified atom stereocenters. The summed E-state index contributed by atoms with van der Waals surface area (Å²) >= 11 is 0. The van der Waals surface area contributed by atoms with E-state index in [2.05, 4.69) is 4.90 Å². The Morgan fingerprint density at radius 1 is 1.78 bits per heavy atom. The van der Waals surface area contributed by atoms with E-state index in [4.69, 9.17) is 5.73 Å². The Kier molecular flexibility index (Phi) is 2.19. The Hall–Kier alpha value is -0.410. The minimum atomic E-state index is 0.296. The molecule has 0 saturated carbocycles. The molecule has 2 N–H and O–H groups in total. The highest BCUT2D eigenvalue weighted by molar-refractivity contribution is 5.52. The molecule has 0 aromatic rings. The standard InChI is InChI=1S/C6H12N2O/c7-6-1-2-8(5-6)3-4-9/h4,6H,1-3,5,7H2/t6-/m1/s1. The van der Waals surface area contributed by atoms with E-state index in [9.17, 15) is 4.79 Å². The van der Waals surface area contributed by atoms with Gasteiger partial charge in [-0.1, -0.05) is 0 Å². The molecule has 0 radical (unpaired) electrons. The number of nitrogens with zero attached hydrogens (tertiary/aromatic N) is 1. The Labute approximate surface area is 54.8 Å². The number of rotatable bonds is 2. The molecule has 1 aliphatic heterocycles. The third kappa shape index (κ3) is 1.77. The zero-order chi connectivity index (χ0) is 6.69. The highest BCUT2D eigenvalue weighted by Crippen LogP contribution is 2.04. The highest BCUT2D eigenvalue weighted by Gasteiger charge is 2.17. The number of hydrogen-bond acceptors (Lipinski definition) is 3. The maximum absolute atomic E-state index is 9.99. The molecule has 9 heavy (non-hydrogen) atoms. The normalized spacial score (nSPS) is 28.8. The van der Waals surface area contributed by atoms with Crippen molar-refractivity contribution in [3.8, 4) is 0 Å². The van der Waals surface area contributed by atoms with Gasteiger partial charge in [0, 0.05) is 19.1 Å². The summed E-state index contributed by atoms with van der Waals surface area (Å²) in [5.41, 5.74) is 5.60. The van der Waals surface area contributed by atoms with Crippen LogP contribution in [-0.2, 0) is 4.79 Å². The van der Waals surface area contributed by atoms with Gasteiger partial charge in [-0.3, -0.25) is 4.90 Å². The lowest BCUT2D eigenvalue weighted by molar-refractivity contribution is -0.108. The van der Waals surface area contributed by atoms with Crippen LogP contribution in [0, 0.1) is 0 Å². The van der Waals surface area contributed by atoms with Crippen LogP contribution in [0.15, 0.2) is 0 Å². The van der Waals surface area contributed by atoms with Crippen molar-refractivity contribution in [3.05, 3.63) is 0 Å². The van der Waals surface area contributed by atoms with E-state index in [1.165, 1.54) is 0 Å². The minimum Gasteiger partial charge on any atom is -0.326 e. The van der Waals surface area contributed by atoms with E-state index in [-0.39, 0.29) is 0 Å². The summed E-state index contributed by atoms with van der Waals surface area (Å²) < 4.78 is 0. The van der Waals surface area contributed by atoms with Crippen LogP contribution in [-0.4, -0.2) is 36.9 Å². The van der Waals surface area contributed by atoms with Crippen LogP contribution in [0.1, 0.15) is 6.42 Å². The number of carbonyl (C=O) groups is 1. The van der Waals surface area contributed by atoms with Crippen LogP contribution >= 0.6 is 0 Å². The summed E-state index contributed by atoms with van der Waals surface area (Å²) in [4.78, 5) is 12.1. The lowest BCUT2D eigenvalue weighted by atomic mass is 10.3. The van der Waals surface area contributed by atoms with Crippen LogP contribution in [0.4, 0.5) is 0 Å². The van der Waals surface area contributed by atoms with Gasteiger partial charge >= 0.3 is 0 Å². The highest BCUT2D eigenvalue weighted by atomic mass is 16.1. The fraction of sp³-hybridized carbons (Fsp3) is 0.833. The summed E-state index contributed by atoms with van der Waals surface area (Å²) in [6.07, 6.45) is 1.96. The smallest absolute Gasteiger partial charge is 0.133 e. The molecule has 0 aliphatic carbocycles. The van der Waals surface area contributed by atoms with Gasteiger partial charge in [0.15, 0.2) is 0 Å². The molecule has 0 bridgehead atoms. The van der Waals surface area contributed by atoms with E-state index in [1.54, 1.807) is 0 Å². The van der Waals surface area contributed by atoms with Gasteiger partial charge in [-0.2, -0.15) is 0 Å². The number of carbonyl (C=O) groups excluding carboxylic acids is 1. The third-order valence-electron chi connectivity index (χ3n) is 1.64. The van der Waals surface area contributed by atoms with E-state index in [1.807, 2.05) is 0 Å². The molecule has 1 rings (SSSR count). The molecular weight excluding hydrogens is 116 g/mol. The molecule has 0 aromatic heterocycles. The molecule has 0 spiro atoms. The Balaban J connectivity index is 2.21.